The first-order valence-corrected chi connectivity index (χ1v) is 8.52. The van der Waals surface area contributed by atoms with Crippen LogP contribution in [0.4, 0.5) is 5.69 Å². The molecule has 2 aromatic rings. The summed E-state index contributed by atoms with van der Waals surface area (Å²) < 4.78 is 0. The molecule has 3 atom stereocenters. The molecule has 0 spiro atoms. The number of hydrogen-bond donors (Lipinski definition) is 2. The van der Waals surface area contributed by atoms with Gasteiger partial charge in [0.1, 0.15) is 0 Å². The molecule has 8 nitrogen and oxygen atoms in total. The van der Waals surface area contributed by atoms with E-state index in [4.69, 9.17) is 0 Å². The molecule has 1 aliphatic rings. The summed E-state index contributed by atoms with van der Waals surface area (Å²) in [5.74, 6) is -2.24. The molecule has 3 unspecified atom stereocenters. The molecule has 0 aliphatic carbocycles. The van der Waals surface area contributed by atoms with E-state index in [9.17, 15) is 25.3 Å². The Kier molecular flexibility index (Phi) is 4.61. The number of aromatic nitrogens is 1. The maximum atomic E-state index is 12.6. The first kappa shape index (κ1) is 19.0. The molecule has 0 radical (unpaired) electrons. The van der Waals surface area contributed by atoms with Crippen LogP contribution in [0, 0.1) is 26.9 Å². The van der Waals surface area contributed by atoms with Crippen molar-refractivity contribution in [3.05, 3.63) is 81.8 Å². The number of carboxylic acid groups (broad SMARTS) is 1. The number of benzene rings is 1. The van der Waals surface area contributed by atoms with Crippen LogP contribution in [-0.4, -0.2) is 21.0 Å². The van der Waals surface area contributed by atoms with Crippen molar-refractivity contribution in [2.45, 2.75) is 25.3 Å². The highest BCUT2D eigenvalue weighted by Crippen LogP contribution is 2.53. The molecule has 0 amide bonds. The van der Waals surface area contributed by atoms with E-state index < -0.39 is 27.8 Å². The van der Waals surface area contributed by atoms with Gasteiger partial charge in [0.05, 0.1) is 16.5 Å². The maximum Gasteiger partial charge on any atom is 0.327 e. The van der Waals surface area contributed by atoms with Gasteiger partial charge in [-0.25, -0.2) is 0 Å². The molecule has 2 N–H and O–H groups in total. The van der Waals surface area contributed by atoms with E-state index in [1.54, 1.807) is 44.3 Å². The molecule has 8 heteroatoms. The van der Waals surface area contributed by atoms with Gasteiger partial charge in [0, 0.05) is 36.1 Å². The topological polar surface area (TPSA) is 129 Å². The number of carboxylic acids is 1. The van der Waals surface area contributed by atoms with Gasteiger partial charge in [-0.05, 0) is 31.0 Å². The minimum absolute atomic E-state index is 0.164. The Morgan fingerprint density at radius 1 is 1.39 bits per heavy atom. The predicted octanol–water partition coefficient (Wildman–Crippen LogP) is 3.09. The highest BCUT2D eigenvalue weighted by molar-refractivity contribution is 5.83. The predicted molar refractivity (Wildman–Crippen MR) is 100 cm³/mol. The second kappa shape index (κ2) is 6.78. The first-order chi connectivity index (χ1) is 13.3. The summed E-state index contributed by atoms with van der Waals surface area (Å²) in [6.45, 7) is 3.41. The number of nitriles is 1. The highest BCUT2D eigenvalue weighted by atomic mass is 16.6. The molecule has 2 heterocycles. The average Bonchev–Trinajstić information content (AvgIpc) is 2.68. The van der Waals surface area contributed by atoms with Gasteiger partial charge in [0.25, 0.3) is 5.69 Å². The zero-order valence-corrected chi connectivity index (χ0v) is 15.3. The van der Waals surface area contributed by atoms with Crippen LogP contribution in [0.15, 0.2) is 60.6 Å². The molecule has 0 fully saturated rings. The minimum Gasteiger partial charge on any atom is -0.480 e. The van der Waals surface area contributed by atoms with E-state index in [1.807, 2.05) is 6.07 Å². The van der Waals surface area contributed by atoms with Crippen molar-refractivity contribution in [3.8, 4) is 6.07 Å². The van der Waals surface area contributed by atoms with Crippen molar-refractivity contribution < 1.29 is 14.8 Å². The Balaban J connectivity index is 2.32. The molecule has 142 valence electrons. The molecule has 1 aliphatic heterocycles. The summed E-state index contributed by atoms with van der Waals surface area (Å²) in [4.78, 5) is 27.3. The van der Waals surface area contributed by atoms with Gasteiger partial charge in [-0.2, -0.15) is 5.26 Å². The smallest absolute Gasteiger partial charge is 0.327 e. The highest BCUT2D eigenvalue weighted by Gasteiger charge is 2.62. The number of hydrogen-bond acceptors (Lipinski definition) is 6. The Bertz CT molecular complexity index is 1010. The van der Waals surface area contributed by atoms with E-state index >= 15 is 0 Å². The summed E-state index contributed by atoms with van der Waals surface area (Å²) >= 11 is 0. The number of non-ortho nitro benzene ring substituents is 1. The van der Waals surface area contributed by atoms with E-state index in [2.05, 4.69) is 10.3 Å². The fourth-order valence-electron chi connectivity index (χ4n) is 3.93. The fourth-order valence-corrected chi connectivity index (χ4v) is 3.93. The quantitative estimate of drug-likeness (QED) is 0.617. The van der Waals surface area contributed by atoms with E-state index in [0.717, 1.165) is 0 Å². The normalized spacial score (nSPS) is 26.5. The number of nitro benzene ring substituents is 1. The number of aliphatic carboxylic acids is 1. The number of allylic oxidation sites excluding steroid dienone is 2. The van der Waals surface area contributed by atoms with Crippen molar-refractivity contribution in [3.63, 3.8) is 0 Å². The second-order valence-corrected chi connectivity index (χ2v) is 6.90. The number of nitrogens with one attached hydrogen (secondary N) is 1. The molecule has 0 saturated carbocycles. The average molecular weight is 378 g/mol. The standard InChI is InChI=1S/C20H18N4O4/c1-13-9-17(14-5-3-7-16(10-14)24(27)28)20(12-21,18(25)26)19(2,23-13)15-6-4-8-22-11-15/h3-11,17,23H,1-2H3,(H,25,26). The largest absolute Gasteiger partial charge is 0.480 e. The van der Waals surface area contributed by atoms with Gasteiger partial charge in [-0.15, -0.1) is 0 Å². The molecule has 0 bridgehead atoms. The zero-order chi connectivity index (χ0) is 20.5. The molecule has 3 rings (SSSR count). The van der Waals surface area contributed by atoms with Crippen molar-refractivity contribution >= 4 is 11.7 Å². The van der Waals surface area contributed by atoms with Crippen LogP contribution in [0.25, 0.3) is 0 Å². The summed E-state index contributed by atoms with van der Waals surface area (Å²) in [6, 6.07) is 11.1. The molecule has 1 aromatic carbocycles. The third-order valence-electron chi connectivity index (χ3n) is 5.31. The van der Waals surface area contributed by atoms with Gasteiger partial charge in [0.15, 0.2) is 5.41 Å². The summed E-state index contributed by atoms with van der Waals surface area (Å²) in [5, 5.41) is 34.7. The van der Waals surface area contributed by atoms with Crippen molar-refractivity contribution in [1.82, 2.24) is 10.3 Å². The van der Waals surface area contributed by atoms with Crippen LogP contribution in [0.5, 0.6) is 0 Å². The van der Waals surface area contributed by atoms with Crippen molar-refractivity contribution in [2.75, 3.05) is 0 Å². The lowest BCUT2D eigenvalue weighted by atomic mass is 9.57. The lowest BCUT2D eigenvalue weighted by molar-refractivity contribution is -0.384. The molecule has 28 heavy (non-hydrogen) atoms. The maximum absolute atomic E-state index is 12.6. The summed E-state index contributed by atoms with van der Waals surface area (Å²) in [5.41, 5.74) is -1.88. The fraction of sp³-hybridized carbons (Fsp3) is 0.250. The Hall–Kier alpha value is -3.73. The van der Waals surface area contributed by atoms with Gasteiger partial charge in [0.2, 0.25) is 0 Å². The SMILES string of the molecule is CC1=CC(c2cccc([N+](=O)[O-])c2)C(C#N)(C(=O)O)C(C)(c2cccnc2)N1. The molecular weight excluding hydrogens is 360 g/mol. The van der Waals surface area contributed by atoms with Crippen LogP contribution >= 0.6 is 0 Å². The number of pyridine rings is 1. The monoisotopic (exact) mass is 378 g/mol. The number of rotatable bonds is 4. The van der Waals surface area contributed by atoms with Crippen LogP contribution < -0.4 is 5.32 Å². The third-order valence-corrected chi connectivity index (χ3v) is 5.31. The summed E-state index contributed by atoms with van der Waals surface area (Å²) in [7, 11) is 0. The Morgan fingerprint density at radius 3 is 2.71 bits per heavy atom. The third kappa shape index (κ3) is 2.68. The van der Waals surface area contributed by atoms with Crippen LogP contribution in [0.3, 0.4) is 0 Å². The number of carbonyl (C=O) groups is 1. The summed E-state index contributed by atoms with van der Waals surface area (Å²) in [6.07, 6.45) is 4.71. The van der Waals surface area contributed by atoms with E-state index in [-0.39, 0.29) is 5.69 Å². The second-order valence-electron chi connectivity index (χ2n) is 6.90. The number of nitrogens with zero attached hydrogens (tertiary/aromatic N) is 3. The van der Waals surface area contributed by atoms with Crippen molar-refractivity contribution in [2.24, 2.45) is 5.41 Å². The van der Waals surface area contributed by atoms with E-state index in [1.165, 1.54) is 24.4 Å². The van der Waals surface area contributed by atoms with Crippen LogP contribution in [0.1, 0.15) is 30.9 Å². The molecule has 1 aromatic heterocycles. The Morgan fingerprint density at radius 2 is 2.14 bits per heavy atom. The van der Waals surface area contributed by atoms with Gasteiger partial charge < -0.3 is 10.4 Å². The van der Waals surface area contributed by atoms with Crippen molar-refractivity contribution in [1.29, 1.82) is 5.26 Å². The van der Waals surface area contributed by atoms with E-state index in [0.29, 0.717) is 16.8 Å². The van der Waals surface area contributed by atoms with Gasteiger partial charge in [-0.1, -0.05) is 24.3 Å². The lowest BCUT2D eigenvalue weighted by Crippen LogP contribution is -2.61. The van der Waals surface area contributed by atoms with Crippen LogP contribution in [0.2, 0.25) is 0 Å². The lowest BCUT2D eigenvalue weighted by Gasteiger charge is -2.49. The van der Waals surface area contributed by atoms with Crippen LogP contribution in [-0.2, 0) is 10.3 Å². The van der Waals surface area contributed by atoms with Gasteiger partial charge in [-0.3, -0.25) is 19.9 Å². The van der Waals surface area contributed by atoms with Gasteiger partial charge >= 0.3 is 5.97 Å². The molecule has 0 saturated heterocycles. The first-order valence-electron chi connectivity index (χ1n) is 8.52. The zero-order valence-electron chi connectivity index (χ0n) is 15.3. The molecular formula is C20H18N4O4. The minimum atomic E-state index is -1.97. The Labute approximate surface area is 161 Å². The number of nitro groups is 1.